The summed E-state index contributed by atoms with van der Waals surface area (Å²) in [5.41, 5.74) is 2.06. The molecule has 2 rings (SSSR count). The maximum atomic E-state index is 12.2. The Morgan fingerprint density at radius 1 is 0.857 bits per heavy atom. The molecule has 1 amide bonds. The minimum Gasteiger partial charge on any atom is -0.493 e. The molecule has 0 fully saturated rings. The van der Waals surface area contributed by atoms with Gasteiger partial charge < -0.3 is 33.9 Å². The Morgan fingerprint density at radius 2 is 1.51 bits per heavy atom. The standard InChI is InChI=1S/C27H38N2O6/c1-29(16-13-20-11-12-22(31-2)23(17-20)32-3)15-8-14-28-26(30)10-7-9-21-18-24(33-4)27(35-6)25(19-21)34-5/h7,9,11-12,17-19H,8,10,13-16H2,1-6H3,(H,28,30)/b9-7+. The molecule has 0 radical (unpaired) electrons. The average molecular weight is 487 g/mol. The highest BCUT2D eigenvalue weighted by molar-refractivity contribution is 5.78. The Kier molecular flexibility index (Phi) is 11.8. The molecule has 0 aliphatic carbocycles. The minimum absolute atomic E-state index is 0.0123. The van der Waals surface area contributed by atoms with Gasteiger partial charge in [-0.3, -0.25) is 4.79 Å². The quantitative estimate of drug-likeness (QED) is 0.384. The molecule has 0 atom stereocenters. The van der Waals surface area contributed by atoms with E-state index in [2.05, 4.69) is 23.3 Å². The SMILES string of the molecule is COc1ccc(CCN(C)CCCNC(=O)C/C=C/c2cc(OC)c(OC)c(OC)c2)cc1OC. The van der Waals surface area contributed by atoms with Gasteiger partial charge in [0.15, 0.2) is 23.0 Å². The lowest BCUT2D eigenvalue weighted by molar-refractivity contribution is -0.120. The van der Waals surface area contributed by atoms with Gasteiger partial charge in [-0.2, -0.15) is 0 Å². The highest BCUT2D eigenvalue weighted by atomic mass is 16.5. The third-order valence-electron chi connectivity index (χ3n) is 5.57. The van der Waals surface area contributed by atoms with E-state index < -0.39 is 0 Å². The molecule has 35 heavy (non-hydrogen) atoms. The van der Waals surface area contributed by atoms with Crippen molar-refractivity contribution in [3.05, 3.63) is 47.5 Å². The molecule has 0 saturated heterocycles. The number of carbonyl (C=O) groups is 1. The van der Waals surface area contributed by atoms with Crippen LogP contribution in [0.2, 0.25) is 0 Å². The van der Waals surface area contributed by atoms with Crippen LogP contribution in [0.1, 0.15) is 24.0 Å². The molecule has 8 heteroatoms. The number of rotatable bonds is 15. The topological polar surface area (TPSA) is 78.5 Å². The molecule has 2 aromatic rings. The van der Waals surface area contributed by atoms with E-state index in [0.717, 1.165) is 43.0 Å². The van der Waals surface area contributed by atoms with E-state index in [0.29, 0.717) is 30.2 Å². The van der Waals surface area contributed by atoms with Crippen LogP contribution in [-0.4, -0.2) is 73.0 Å². The van der Waals surface area contributed by atoms with Crippen molar-refractivity contribution in [1.82, 2.24) is 10.2 Å². The van der Waals surface area contributed by atoms with Crippen molar-refractivity contribution in [2.75, 3.05) is 62.2 Å². The van der Waals surface area contributed by atoms with E-state index in [4.69, 9.17) is 23.7 Å². The Labute approximate surface area is 208 Å². The highest BCUT2D eigenvalue weighted by Crippen LogP contribution is 2.38. The van der Waals surface area contributed by atoms with Crippen molar-refractivity contribution in [2.45, 2.75) is 19.3 Å². The Bertz CT molecular complexity index is 951. The molecule has 192 valence electrons. The normalized spacial score (nSPS) is 10.9. The summed E-state index contributed by atoms with van der Waals surface area (Å²) in [7, 11) is 10.1. The Balaban J connectivity index is 1.70. The number of amides is 1. The van der Waals surface area contributed by atoms with E-state index in [1.807, 2.05) is 36.4 Å². The van der Waals surface area contributed by atoms with Crippen molar-refractivity contribution in [1.29, 1.82) is 0 Å². The van der Waals surface area contributed by atoms with Gasteiger partial charge in [0.25, 0.3) is 0 Å². The van der Waals surface area contributed by atoms with E-state index in [1.54, 1.807) is 35.5 Å². The molecular formula is C27H38N2O6. The average Bonchev–Trinajstić information content (AvgIpc) is 2.88. The van der Waals surface area contributed by atoms with Gasteiger partial charge in [0.2, 0.25) is 11.7 Å². The summed E-state index contributed by atoms with van der Waals surface area (Å²) in [6, 6.07) is 9.68. The summed E-state index contributed by atoms with van der Waals surface area (Å²) in [5, 5.41) is 2.97. The number of nitrogens with zero attached hydrogens (tertiary/aromatic N) is 1. The van der Waals surface area contributed by atoms with Gasteiger partial charge >= 0.3 is 0 Å². The third kappa shape index (κ3) is 8.72. The molecule has 0 bridgehead atoms. The van der Waals surface area contributed by atoms with Crippen LogP contribution in [0.3, 0.4) is 0 Å². The second kappa shape index (κ2) is 14.8. The van der Waals surface area contributed by atoms with Crippen LogP contribution in [0.4, 0.5) is 0 Å². The number of hydrogen-bond acceptors (Lipinski definition) is 7. The fourth-order valence-corrected chi connectivity index (χ4v) is 3.62. The van der Waals surface area contributed by atoms with Crippen molar-refractivity contribution < 1.29 is 28.5 Å². The number of hydrogen-bond donors (Lipinski definition) is 1. The Morgan fingerprint density at radius 3 is 2.11 bits per heavy atom. The smallest absolute Gasteiger partial charge is 0.223 e. The maximum Gasteiger partial charge on any atom is 0.223 e. The van der Waals surface area contributed by atoms with Gasteiger partial charge in [-0.25, -0.2) is 0 Å². The summed E-state index contributed by atoms with van der Waals surface area (Å²) in [6.45, 7) is 2.45. The molecule has 1 N–H and O–H groups in total. The lowest BCUT2D eigenvalue weighted by Gasteiger charge is -2.17. The lowest BCUT2D eigenvalue weighted by atomic mass is 10.1. The zero-order valence-electron chi connectivity index (χ0n) is 21.7. The van der Waals surface area contributed by atoms with Gasteiger partial charge in [0, 0.05) is 19.5 Å². The zero-order chi connectivity index (χ0) is 25.6. The van der Waals surface area contributed by atoms with Crippen LogP contribution in [0.5, 0.6) is 28.7 Å². The first-order chi connectivity index (χ1) is 16.9. The van der Waals surface area contributed by atoms with Crippen molar-refractivity contribution in [3.63, 3.8) is 0 Å². The van der Waals surface area contributed by atoms with Gasteiger partial charge in [0.05, 0.1) is 35.5 Å². The van der Waals surface area contributed by atoms with Gasteiger partial charge in [-0.05, 0) is 61.8 Å². The van der Waals surface area contributed by atoms with E-state index in [-0.39, 0.29) is 5.91 Å². The third-order valence-corrected chi connectivity index (χ3v) is 5.57. The first-order valence-corrected chi connectivity index (χ1v) is 11.6. The predicted molar refractivity (Wildman–Crippen MR) is 138 cm³/mol. The number of methoxy groups -OCH3 is 5. The maximum absolute atomic E-state index is 12.2. The van der Waals surface area contributed by atoms with Crippen LogP contribution < -0.4 is 29.0 Å². The molecule has 8 nitrogen and oxygen atoms in total. The van der Waals surface area contributed by atoms with Crippen LogP contribution in [-0.2, 0) is 11.2 Å². The predicted octanol–water partition coefficient (Wildman–Crippen LogP) is 3.81. The molecule has 0 aliphatic rings. The van der Waals surface area contributed by atoms with Crippen LogP contribution >= 0.6 is 0 Å². The van der Waals surface area contributed by atoms with Crippen LogP contribution in [0, 0.1) is 0 Å². The second-order valence-electron chi connectivity index (χ2n) is 8.01. The fourth-order valence-electron chi connectivity index (χ4n) is 3.62. The molecule has 0 aromatic heterocycles. The van der Waals surface area contributed by atoms with Gasteiger partial charge in [-0.1, -0.05) is 18.2 Å². The number of carbonyl (C=O) groups excluding carboxylic acids is 1. The van der Waals surface area contributed by atoms with Crippen molar-refractivity contribution in [3.8, 4) is 28.7 Å². The second-order valence-corrected chi connectivity index (χ2v) is 8.01. The summed E-state index contributed by atoms with van der Waals surface area (Å²) >= 11 is 0. The van der Waals surface area contributed by atoms with Crippen LogP contribution in [0.15, 0.2) is 36.4 Å². The molecule has 0 heterocycles. The summed E-state index contributed by atoms with van der Waals surface area (Å²) in [6.07, 6.45) is 5.78. The van der Waals surface area contributed by atoms with E-state index in [9.17, 15) is 4.79 Å². The lowest BCUT2D eigenvalue weighted by Crippen LogP contribution is -2.28. The molecule has 0 unspecified atom stereocenters. The number of benzene rings is 2. The number of ether oxygens (including phenoxy) is 5. The number of nitrogens with one attached hydrogen (secondary N) is 1. The fraction of sp³-hybridized carbons (Fsp3) is 0.444. The summed E-state index contributed by atoms with van der Waals surface area (Å²) < 4.78 is 26.7. The molecule has 2 aromatic carbocycles. The molecule has 0 aliphatic heterocycles. The largest absolute Gasteiger partial charge is 0.493 e. The molecular weight excluding hydrogens is 448 g/mol. The van der Waals surface area contributed by atoms with Crippen LogP contribution in [0.25, 0.3) is 6.08 Å². The van der Waals surface area contributed by atoms with Crippen molar-refractivity contribution >= 4 is 12.0 Å². The van der Waals surface area contributed by atoms with E-state index in [1.165, 1.54) is 5.56 Å². The summed E-state index contributed by atoms with van der Waals surface area (Å²) in [4.78, 5) is 14.4. The first-order valence-electron chi connectivity index (χ1n) is 11.6. The van der Waals surface area contributed by atoms with Gasteiger partial charge in [0.1, 0.15) is 0 Å². The van der Waals surface area contributed by atoms with E-state index >= 15 is 0 Å². The molecule has 0 spiro atoms. The summed E-state index contributed by atoms with van der Waals surface area (Å²) in [5.74, 6) is 3.16. The first kappa shape index (κ1) is 27.9. The monoisotopic (exact) mass is 486 g/mol. The van der Waals surface area contributed by atoms with Crippen molar-refractivity contribution in [2.24, 2.45) is 0 Å². The highest BCUT2D eigenvalue weighted by Gasteiger charge is 2.12. The Hall–Kier alpha value is -3.39. The van der Waals surface area contributed by atoms with Gasteiger partial charge in [-0.15, -0.1) is 0 Å². The number of likely N-dealkylation sites (N-methyl/N-ethyl adjacent to an activating group) is 1. The molecule has 0 saturated carbocycles. The minimum atomic E-state index is -0.0123. The zero-order valence-corrected chi connectivity index (χ0v) is 21.7.